The first-order chi connectivity index (χ1) is 8.86. The molecule has 0 aromatic heterocycles. The quantitative estimate of drug-likeness (QED) is 0.814. The minimum Gasteiger partial charge on any atom is -0.391 e. The van der Waals surface area contributed by atoms with Crippen LogP contribution >= 0.6 is 12.2 Å². The van der Waals surface area contributed by atoms with E-state index in [1.54, 1.807) is 0 Å². The van der Waals surface area contributed by atoms with Gasteiger partial charge < -0.3 is 11.1 Å². The first-order valence-electron chi connectivity index (χ1n) is 6.56. The van der Waals surface area contributed by atoms with E-state index in [4.69, 9.17) is 18.0 Å². The molecule has 0 fully saturated rings. The maximum atomic E-state index is 12.4. The predicted molar refractivity (Wildman–Crippen MR) is 83.5 cm³/mol. The summed E-state index contributed by atoms with van der Waals surface area (Å²) in [5.74, 6) is -0.117. The van der Waals surface area contributed by atoms with Crippen molar-refractivity contribution in [1.29, 1.82) is 0 Å². The van der Waals surface area contributed by atoms with Crippen molar-refractivity contribution in [2.24, 2.45) is 5.73 Å². The molecular formula is C15H22N2OS. The molecule has 0 spiro atoms. The fraction of sp³-hybridized carbons (Fsp3) is 0.467. The zero-order valence-corrected chi connectivity index (χ0v) is 12.9. The Hall–Kier alpha value is -1.42. The lowest BCUT2D eigenvalue weighted by Gasteiger charge is -2.32. The minimum atomic E-state index is -0.594. The zero-order valence-electron chi connectivity index (χ0n) is 12.0. The Morgan fingerprint density at radius 2 is 1.89 bits per heavy atom. The molecule has 0 atom stereocenters. The number of hydrogen-bond donors (Lipinski definition) is 2. The van der Waals surface area contributed by atoms with Gasteiger partial charge in [0.2, 0.25) is 0 Å². The van der Waals surface area contributed by atoms with Gasteiger partial charge in [-0.2, -0.15) is 0 Å². The van der Waals surface area contributed by atoms with Crippen LogP contribution in [-0.4, -0.2) is 16.4 Å². The Morgan fingerprint density at radius 3 is 2.32 bits per heavy atom. The van der Waals surface area contributed by atoms with E-state index in [1.807, 2.05) is 45.9 Å². The van der Waals surface area contributed by atoms with Gasteiger partial charge in [0.15, 0.2) is 0 Å². The highest BCUT2D eigenvalue weighted by Gasteiger charge is 2.31. The van der Waals surface area contributed by atoms with Crippen LogP contribution in [0.15, 0.2) is 18.2 Å². The molecule has 0 aliphatic heterocycles. The van der Waals surface area contributed by atoms with E-state index >= 15 is 0 Å². The van der Waals surface area contributed by atoms with Crippen LogP contribution in [0.1, 0.15) is 48.2 Å². The van der Waals surface area contributed by atoms with Crippen LogP contribution in [0.25, 0.3) is 0 Å². The van der Waals surface area contributed by atoms with Crippen LogP contribution in [0.3, 0.4) is 0 Å². The number of rotatable bonds is 5. The molecule has 0 aliphatic rings. The molecule has 3 nitrogen and oxygen atoms in total. The van der Waals surface area contributed by atoms with Crippen molar-refractivity contribution in [3.63, 3.8) is 0 Å². The molecule has 3 N–H and O–H groups in total. The molecule has 1 aromatic rings. The molecule has 0 heterocycles. The van der Waals surface area contributed by atoms with Crippen LogP contribution in [-0.2, 0) is 0 Å². The first-order valence-corrected chi connectivity index (χ1v) is 6.96. The number of benzene rings is 1. The number of carbonyl (C=O) groups excluding carboxylic acids is 1. The monoisotopic (exact) mass is 278 g/mol. The Balaban J connectivity index is 3.04. The van der Waals surface area contributed by atoms with Crippen LogP contribution in [0, 0.1) is 13.8 Å². The molecule has 1 rings (SSSR count). The van der Waals surface area contributed by atoms with Crippen molar-refractivity contribution in [2.75, 3.05) is 0 Å². The van der Waals surface area contributed by atoms with Crippen molar-refractivity contribution in [2.45, 2.75) is 46.1 Å². The second-order valence-electron chi connectivity index (χ2n) is 4.93. The minimum absolute atomic E-state index is 0.117. The van der Waals surface area contributed by atoms with Crippen LogP contribution < -0.4 is 11.1 Å². The van der Waals surface area contributed by atoms with Gasteiger partial charge in [0.05, 0.1) is 10.5 Å². The Morgan fingerprint density at radius 1 is 1.32 bits per heavy atom. The van der Waals surface area contributed by atoms with Crippen LogP contribution in [0.5, 0.6) is 0 Å². The van der Waals surface area contributed by atoms with Gasteiger partial charge >= 0.3 is 0 Å². The van der Waals surface area contributed by atoms with E-state index in [0.29, 0.717) is 23.4 Å². The van der Waals surface area contributed by atoms with Crippen molar-refractivity contribution in [3.8, 4) is 0 Å². The van der Waals surface area contributed by atoms with E-state index < -0.39 is 5.54 Å². The lowest BCUT2D eigenvalue weighted by Crippen LogP contribution is -2.56. The van der Waals surface area contributed by atoms with E-state index in [0.717, 1.165) is 11.1 Å². The number of amides is 1. The maximum Gasteiger partial charge on any atom is 0.252 e. The van der Waals surface area contributed by atoms with Crippen LogP contribution in [0.2, 0.25) is 0 Å². The Labute approximate surface area is 120 Å². The summed E-state index contributed by atoms with van der Waals surface area (Å²) in [7, 11) is 0. The number of aryl methyl sites for hydroxylation is 2. The summed E-state index contributed by atoms with van der Waals surface area (Å²) in [5, 5.41) is 3.00. The molecule has 1 aromatic carbocycles. The van der Waals surface area contributed by atoms with Gasteiger partial charge in [-0.3, -0.25) is 4.79 Å². The summed E-state index contributed by atoms with van der Waals surface area (Å²) in [5.41, 5.74) is 7.98. The lowest BCUT2D eigenvalue weighted by molar-refractivity contribution is 0.0919. The van der Waals surface area contributed by atoms with Crippen molar-refractivity contribution < 1.29 is 4.79 Å². The molecule has 0 saturated carbocycles. The molecule has 0 bridgehead atoms. The highest BCUT2D eigenvalue weighted by Crippen LogP contribution is 2.18. The topological polar surface area (TPSA) is 55.1 Å². The number of nitrogens with two attached hydrogens (primary N) is 1. The highest BCUT2D eigenvalue weighted by atomic mass is 32.1. The van der Waals surface area contributed by atoms with Gasteiger partial charge in [-0.1, -0.05) is 43.8 Å². The summed E-state index contributed by atoms with van der Waals surface area (Å²) in [4.78, 5) is 12.7. The molecule has 0 aliphatic carbocycles. The molecule has 0 saturated heterocycles. The Kier molecular flexibility index (Phi) is 5.06. The van der Waals surface area contributed by atoms with Crippen molar-refractivity contribution in [1.82, 2.24) is 5.32 Å². The zero-order chi connectivity index (χ0) is 14.6. The smallest absolute Gasteiger partial charge is 0.252 e. The van der Waals surface area contributed by atoms with E-state index in [-0.39, 0.29) is 5.91 Å². The molecule has 0 unspecified atom stereocenters. The number of thiocarbonyl (C=S) groups is 1. The molecule has 104 valence electrons. The standard InChI is InChI=1S/C15H22N2OS/c1-5-15(6-2,14(16)19)17-13(18)12-8-7-10(3)9-11(12)4/h7-9H,5-6H2,1-4H3,(H2,16,19)(H,17,18). The SMILES string of the molecule is CCC(CC)(NC(=O)c1ccc(C)cc1C)C(N)=S. The molecular weight excluding hydrogens is 256 g/mol. The maximum absolute atomic E-state index is 12.4. The van der Waals surface area contributed by atoms with E-state index in [2.05, 4.69) is 5.32 Å². The van der Waals surface area contributed by atoms with Gasteiger partial charge in [-0.05, 0) is 38.3 Å². The third-order valence-corrected chi connectivity index (χ3v) is 4.05. The summed E-state index contributed by atoms with van der Waals surface area (Å²) < 4.78 is 0. The van der Waals surface area contributed by atoms with Gasteiger partial charge in [-0.25, -0.2) is 0 Å². The summed E-state index contributed by atoms with van der Waals surface area (Å²) in [6.45, 7) is 7.89. The second kappa shape index (κ2) is 6.15. The third-order valence-electron chi connectivity index (χ3n) is 3.66. The largest absolute Gasteiger partial charge is 0.391 e. The average Bonchev–Trinajstić information content (AvgIpc) is 2.35. The molecule has 1 amide bonds. The van der Waals surface area contributed by atoms with E-state index in [9.17, 15) is 4.79 Å². The summed E-state index contributed by atoms with van der Waals surface area (Å²) in [6.07, 6.45) is 1.38. The van der Waals surface area contributed by atoms with Gasteiger partial charge in [0, 0.05) is 5.56 Å². The van der Waals surface area contributed by atoms with Crippen LogP contribution in [0.4, 0.5) is 0 Å². The van der Waals surface area contributed by atoms with Crippen molar-refractivity contribution in [3.05, 3.63) is 34.9 Å². The number of carbonyl (C=O) groups is 1. The second-order valence-corrected chi connectivity index (χ2v) is 5.37. The lowest BCUT2D eigenvalue weighted by atomic mass is 9.92. The fourth-order valence-electron chi connectivity index (χ4n) is 2.19. The Bertz CT molecular complexity index is 493. The summed E-state index contributed by atoms with van der Waals surface area (Å²) in [6, 6.07) is 5.77. The summed E-state index contributed by atoms with van der Waals surface area (Å²) >= 11 is 5.11. The normalized spacial score (nSPS) is 11.2. The van der Waals surface area contributed by atoms with Gasteiger partial charge in [0.25, 0.3) is 5.91 Å². The number of nitrogens with one attached hydrogen (secondary N) is 1. The van der Waals surface area contributed by atoms with Gasteiger partial charge in [-0.15, -0.1) is 0 Å². The van der Waals surface area contributed by atoms with Crippen molar-refractivity contribution >= 4 is 23.1 Å². The molecule has 4 heteroatoms. The predicted octanol–water partition coefficient (Wildman–Crippen LogP) is 2.88. The molecule has 0 radical (unpaired) electrons. The highest BCUT2D eigenvalue weighted by molar-refractivity contribution is 7.80. The third kappa shape index (κ3) is 3.32. The van der Waals surface area contributed by atoms with E-state index in [1.165, 1.54) is 0 Å². The average molecular weight is 278 g/mol. The fourth-order valence-corrected chi connectivity index (χ4v) is 2.53. The molecule has 19 heavy (non-hydrogen) atoms. The number of hydrogen-bond acceptors (Lipinski definition) is 2. The van der Waals surface area contributed by atoms with Gasteiger partial charge in [0.1, 0.15) is 0 Å². The first kappa shape index (κ1) is 15.6.